The standard InChI is InChI=1S/C17H36N4/c1-16(2)19(4)11-14-20-7-5-17(6-8-20)15-21-12-9-18(3)10-13-21/h16-17H,5-15H2,1-4H3. The molecule has 21 heavy (non-hydrogen) atoms. The van der Waals surface area contributed by atoms with E-state index in [1.54, 1.807) is 0 Å². The van der Waals surface area contributed by atoms with E-state index in [1.807, 2.05) is 0 Å². The van der Waals surface area contributed by atoms with Gasteiger partial charge >= 0.3 is 0 Å². The van der Waals surface area contributed by atoms with Gasteiger partial charge in [0.05, 0.1) is 0 Å². The van der Waals surface area contributed by atoms with E-state index < -0.39 is 0 Å². The molecular weight excluding hydrogens is 260 g/mol. The summed E-state index contributed by atoms with van der Waals surface area (Å²) < 4.78 is 0. The molecule has 0 amide bonds. The lowest BCUT2D eigenvalue weighted by Crippen LogP contribution is -2.47. The SMILES string of the molecule is CC(C)N(C)CCN1CCC(CN2CCN(C)CC2)CC1. The van der Waals surface area contributed by atoms with Crippen LogP contribution in [0.4, 0.5) is 0 Å². The number of hydrogen-bond acceptors (Lipinski definition) is 4. The Kier molecular flexibility index (Phi) is 6.93. The quantitative estimate of drug-likeness (QED) is 0.732. The molecule has 2 rings (SSSR count). The third kappa shape index (κ3) is 5.85. The fourth-order valence-electron chi connectivity index (χ4n) is 3.35. The molecule has 0 aliphatic carbocycles. The van der Waals surface area contributed by atoms with Gasteiger partial charge in [-0.1, -0.05) is 0 Å². The zero-order chi connectivity index (χ0) is 15.2. The van der Waals surface area contributed by atoms with Gasteiger partial charge in [-0.15, -0.1) is 0 Å². The molecule has 0 atom stereocenters. The number of piperazine rings is 1. The van der Waals surface area contributed by atoms with Gasteiger partial charge < -0.3 is 19.6 Å². The van der Waals surface area contributed by atoms with Crippen LogP contribution in [0.25, 0.3) is 0 Å². The van der Waals surface area contributed by atoms with Crippen LogP contribution < -0.4 is 0 Å². The van der Waals surface area contributed by atoms with Crippen molar-refractivity contribution in [2.24, 2.45) is 5.92 Å². The molecule has 124 valence electrons. The van der Waals surface area contributed by atoms with E-state index in [1.165, 1.54) is 71.7 Å². The van der Waals surface area contributed by atoms with E-state index in [-0.39, 0.29) is 0 Å². The first-order valence-electron chi connectivity index (χ1n) is 8.88. The first-order valence-corrected chi connectivity index (χ1v) is 8.88. The minimum Gasteiger partial charge on any atom is -0.304 e. The lowest BCUT2D eigenvalue weighted by molar-refractivity contribution is 0.101. The van der Waals surface area contributed by atoms with Crippen molar-refractivity contribution in [2.75, 3.05) is 73.0 Å². The molecule has 0 aromatic carbocycles. The van der Waals surface area contributed by atoms with Gasteiger partial charge in [-0.25, -0.2) is 0 Å². The Hall–Kier alpha value is -0.160. The van der Waals surface area contributed by atoms with Crippen LogP contribution in [0, 0.1) is 5.92 Å². The first-order chi connectivity index (χ1) is 10.0. The molecule has 4 nitrogen and oxygen atoms in total. The summed E-state index contributed by atoms with van der Waals surface area (Å²) in [6, 6.07) is 0.666. The summed E-state index contributed by atoms with van der Waals surface area (Å²) in [6.45, 7) is 16.0. The molecular formula is C17H36N4. The highest BCUT2D eigenvalue weighted by molar-refractivity contribution is 4.78. The van der Waals surface area contributed by atoms with Crippen LogP contribution in [0.1, 0.15) is 26.7 Å². The second-order valence-electron chi connectivity index (χ2n) is 7.46. The Bertz CT molecular complexity index is 279. The molecule has 0 unspecified atom stereocenters. The fourth-order valence-corrected chi connectivity index (χ4v) is 3.35. The molecule has 0 bridgehead atoms. The number of hydrogen-bond donors (Lipinski definition) is 0. The summed E-state index contributed by atoms with van der Waals surface area (Å²) in [5.74, 6) is 0.937. The Morgan fingerprint density at radius 3 is 2.14 bits per heavy atom. The molecule has 0 radical (unpaired) electrons. The Morgan fingerprint density at radius 1 is 0.952 bits per heavy atom. The maximum Gasteiger partial charge on any atom is 0.0110 e. The van der Waals surface area contributed by atoms with Crippen LogP contribution in [-0.4, -0.2) is 98.6 Å². The second kappa shape index (κ2) is 8.47. The second-order valence-corrected chi connectivity index (χ2v) is 7.46. The summed E-state index contributed by atoms with van der Waals surface area (Å²) >= 11 is 0. The van der Waals surface area contributed by atoms with Crippen molar-refractivity contribution >= 4 is 0 Å². The smallest absolute Gasteiger partial charge is 0.0110 e. The lowest BCUT2D eigenvalue weighted by atomic mass is 9.96. The van der Waals surface area contributed by atoms with E-state index in [4.69, 9.17) is 0 Å². The van der Waals surface area contributed by atoms with Crippen LogP contribution in [0.3, 0.4) is 0 Å². The molecule has 0 aromatic heterocycles. The third-order valence-corrected chi connectivity index (χ3v) is 5.47. The molecule has 0 saturated carbocycles. The average molecular weight is 297 g/mol. The monoisotopic (exact) mass is 296 g/mol. The van der Waals surface area contributed by atoms with Gasteiger partial charge in [0.15, 0.2) is 0 Å². The third-order valence-electron chi connectivity index (χ3n) is 5.47. The molecule has 2 fully saturated rings. The topological polar surface area (TPSA) is 13.0 Å². The van der Waals surface area contributed by atoms with Crippen molar-refractivity contribution in [3.05, 3.63) is 0 Å². The van der Waals surface area contributed by atoms with Crippen molar-refractivity contribution < 1.29 is 0 Å². The number of rotatable bonds is 6. The van der Waals surface area contributed by atoms with Crippen molar-refractivity contribution in [2.45, 2.75) is 32.7 Å². The Labute approximate surface area is 132 Å². The van der Waals surface area contributed by atoms with Crippen molar-refractivity contribution in [3.8, 4) is 0 Å². The van der Waals surface area contributed by atoms with Gasteiger partial charge in [0, 0.05) is 51.9 Å². The maximum absolute atomic E-state index is 2.69. The maximum atomic E-state index is 2.69. The van der Waals surface area contributed by atoms with Crippen LogP contribution in [0.2, 0.25) is 0 Å². The molecule has 2 heterocycles. The number of likely N-dealkylation sites (N-methyl/N-ethyl adjacent to an activating group) is 2. The molecule has 0 aromatic rings. The Balaban J connectivity index is 1.60. The average Bonchev–Trinajstić information content (AvgIpc) is 2.48. The molecule has 2 saturated heterocycles. The minimum absolute atomic E-state index is 0.666. The van der Waals surface area contributed by atoms with Crippen LogP contribution >= 0.6 is 0 Å². The highest BCUT2D eigenvalue weighted by Crippen LogP contribution is 2.19. The van der Waals surface area contributed by atoms with E-state index in [2.05, 4.69) is 47.5 Å². The summed E-state index contributed by atoms with van der Waals surface area (Å²) in [5.41, 5.74) is 0. The molecule has 2 aliphatic rings. The molecule has 4 heteroatoms. The van der Waals surface area contributed by atoms with Gasteiger partial charge in [0.1, 0.15) is 0 Å². The van der Waals surface area contributed by atoms with Gasteiger partial charge in [0.2, 0.25) is 0 Å². The van der Waals surface area contributed by atoms with Gasteiger partial charge in [-0.3, -0.25) is 0 Å². The molecule has 0 spiro atoms. The van der Waals surface area contributed by atoms with Crippen LogP contribution in [0.15, 0.2) is 0 Å². The van der Waals surface area contributed by atoms with Gasteiger partial charge in [0.25, 0.3) is 0 Å². The zero-order valence-corrected chi connectivity index (χ0v) is 14.7. The summed E-state index contributed by atoms with van der Waals surface area (Å²) in [6.07, 6.45) is 2.80. The van der Waals surface area contributed by atoms with E-state index in [9.17, 15) is 0 Å². The van der Waals surface area contributed by atoms with E-state index in [0.717, 1.165) is 5.92 Å². The predicted octanol–water partition coefficient (Wildman–Crippen LogP) is 1.29. The van der Waals surface area contributed by atoms with Gasteiger partial charge in [-0.05, 0) is 59.8 Å². The fraction of sp³-hybridized carbons (Fsp3) is 1.00. The van der Waals surface area contributed by atoms with Crippen molar-refractivity contribution in [1.29, 1.82) is 0 Å². The van der Waals surface area contributed by atoms with E-state index in [0.29, 0.717) is 6.04 Å². The van der Waals surface area contributed by atoms with Crippen molar-refractivity contribution in [1.82, 2.24) is 19.6 Å². The van der Waals surface area contributed by atoms with Gasteiger partial charge in [-0.2, -0.15) is 0 Å². The largest absolute Gasteiger partial charge is 0.304 e. The van der Waals surface area contributed by atoms with E-state index >= 15 is 0 Å². The Morgan fingerprint density at radius 2 is 1.57 bits per heavy atom. The number of likely N-dealkylation sites (tertiary alicyclic amines) is 1. The lowest BCUT2D eigenvalue weighted by Gasteiger charge is -2.38. The highest BCUT2D eigenvalue weighted by Gasteiger charge is 2.23. The molecule has 2 aliphatic heterocycles. The zero-order valence-electron chi connectivity index (χ0n) is 14.7. The summed E-state index contributed by atoms with van der Waals surface area (Å²) in [4.78, 5) is 10.3. The minimum atomic E-state index is 0.666. The number of nitrogens with zero attached hydrogens (tertiary/aromatic N) is 4. The van der Waals surface area contributed by atoms with Crippen LogP contribution in [0.5, 0.6) is 0 Å². The molecule has 0 N–H and O–H groups in total. The first kappa shape index (κ1) is 17.2. The summed E-state index contributed by atoms with van der Waals surface area (Å²) in [7, 11) is 4.48. The van der Waals surface area contributed by atoms with Crippen molar-refractivity contribution in [3.63, 3.8) is 0 Å². The number of piperidine rings is 1. The predicted molar refractivity (Wildman–Crippen MR) is 90.9 cm³/mol. The normalized spacial score (nSPS) is 24.3. The summed E-state index contributed by atoms with van der Waals surface area (Å²) in [5, 5.41) is 0. The van der Waals surface area contributed by atoms with Crippen LogP contribution in [-0.2, 0) is 0 Å². The highest BCUT2D eigenvalue weighted by atomic mass is 15.2.